The first kappa shape index (κ1) is 37.8. The summed E-state index contributed by atoms with van der Waals surface area (Å²) in [7, 11) is 0. The third kappa shape index (κ3) is 6.18. The van der Waals surface area contributed by atoms with Crippen LogP contribution in [0.25, 0.3) is 104 Å². The fourth-order valence-electron chi connectivity index (χ4n) is 10.5. The zero-order valence-corrected chi connectivity index (χ0v) is 36.1. The summed E-state index contributed by atoms with van der Waals surface area (Å²) in [5.74, 6) is 0. The Labute approximate surface area is 383 Å². The SMILES string of the molecule is c1cc(-c2ccc(N(c3ccc(-c4cccc5ccccc45)cc3)c3cccc4ccccc34)cc2-c2cc3ccccc3c3ccccc23)cc(-n2c3ccccc3c3ccccc32)c1. The van der Waals surface area contributed by atoms with E-state index in [0.29, 0.717) is 0 Å². The first-order valence-electron chi connectivity index (χ1n) is 22.8. The van der Waals surface area contributed by atoms with Crippen LogP contribution in [0.1, 0.15) is 0 Å². The smallest absolute Gasteiger partial charge is 0.0541 e. The van der Waals surface area contributed by atoms with Crippen LogP contribution in [0.4, 0.5) is 17.1 Å². The van der Waals surface area contributed by atoms with Crippen molar-refractivity contribution in [2.24, 2.45) is 0 Å². The minimum atomic E-state index is 1.08. The van der Waals surface area contributed by atoms with Crippen molar-refractivity contribution < 1.29 is 0 Å². The molecule has 12 aromatic carbocycles. The van der Waals surface area contributed by atoms with Crippen molar-refractivity contribution in [1.29, 1.82) is 0 Å². The maximum atomic E-state index is 2.44. The highest BCUT2D eigenvalue weighted by Gasteiger charge is 2.21. The van der Waals surface area contributed by atoms with E-state index in [9.17, 15) is 0 Å². The molecule has 0 saturated heterocycles. The number of hydrogen-bond donors (Lipinski definition) is 0. The van der Waals surface area contributed by atoms with Crippen LogP contribution in [-0.4, -0.2) is 4.57 Å². The number of rotatable bonds is 7. The summed E-state index contributed by atoms with van der Waals surface area (Å²) in [5.41, 5.74) is 13.9. The first-order valence-corrected chi connectivity index (χ1v) is 22.8. The lowest BCUT2D eigenvalue weighted by molar-refractivity contribution is 1.18. The molecule has 0 atom stereocenters. The maximum absolute atomic E-state index is 2.44. The van der Waals surface area contributed by atoms with Gasteiger partial charge in [0.1, 0.15) is 0 Å². The van der Waals surface area contributed by atoms with Crippen molar-refractivity contribution in [2.75, 3.05) is 4.90 Å². The number of para-hydroxylation sites is 2. The molecule has 2 nitrogen and oxygen atoms in total. The number of benzene rings is 12. The molecular formula is C64H42N2. The normalized spacial score (nSPS) is 11.6. The highest BCUT2D eigenvalue weighted by molar-refractivity contribution is 6.15. The molecule has 0 aliphatic rings. The highest BCUT2D eigenvalue weighted by Crippen LogP contribution is 2.46. The minimum Gasteiger partial charge on any atom is -0.310 e. The van der Waals surface area contributed by atoms with Crippen molar-refractivity contribution in [3.8, 4) is 39.1 Å². The summed E-state index contributed by atoms with van der Waals surface area (Å²) in [4.78, 5) is 2.44. The molecule has 0 aliphatic carbocycles. The van der Waals surface area contributed by atoms with E-state index < -0.39 is 0 Å². The van der Waals surface area contributed by atoms with Crippen LogP contribution in [0.15, 0.2) is 255 Å². The molecule has 13 aromatic rings. The van der Waals surface area contributed by atoms with E-state index in [1.165, 1.54) is 92.7 Å². The predicted octanol–water partition coefficient (Wildman–Crippen LogP) is 17.9. The molecule has 66 heavy (non-hydrogen) atoms. The summed E-state index contributed by atoms with van der Waals surface area (Å²) < 4.78 is 2.41. The van der Waals surface area contributed by atoms with E-state index in [4.69, 9.17) is 0 Å². The lowest BCUT2D eigenvalue weighted by Crippen LogP contribution is -2.11. The molecule has 0 spiro atoms. The van der Waals surface area contributed by atoms with Crippen LogP contribution in [0.2, 0.25) is 0 Å². The second kappa shape index (κ2) is 15.5. The van der Waals surface area contributed by atoms with Crippen molar-refractivity contribution >= 4 is 82.0 Å². The molecular weight excluding hydrogens is 797 g/mol. The van der Waals surface area contributed by atoms with Gasteiger partial charge in [0.2, 0.25) is 0 Å². The monoisotopic (exact) mass is 838 g/mol. The standard InChI is InChI=1S/C64H42N2/c1-4-23-51-43(16-1)19-14-30-52(51)45-34-36-48(37-35-45)65(62-33-15-20-44-17-2-6-25-55(44)62)50-38-39-54(61(42-50)60-41-47-18-3-5-24-53(47)56-26-7-8-27-57(56)60)46-21-13-22-49(40-46)66-63-31-11-9-28-58(63)59-29-10-12-32-64(59)66/h1-42H. The third-order valence-electron chi connectivity index (χ3n) is 13.5. The van der Waals surface area contributed by atoms with E-state index in [-0.39, 0.29) is 0 Å². The van der Waals surface area contributed by atoms with Crippen LogP contribution in [0.5, 0.6) is 0 Å². The second-order valence-electron chi connectivity index (χ2n) is 17.2. The van der Waals surface area contributed by atoms with Crippen LogP contribution >= 0.6 is 0 Å². The van der Waals surface area contributed by atoms with Gasteiger partial charge in [0.15, 0.2) is 0 Å². The fourth-order valence-corrected chi connectivity index (χ4v) is 10.5. The molecule has 2 heteroatoms. The average Bonchev–Trinajstić information content (AvgIpc) is 3.73. The molecule has 308 valence electrons. The number of aromatic nitrogens is 1. The van der Waals surface area contributed by atoms with Gasteiger partial charge in [-0.3, -0.25) is 0 Å². The van der Waals surface area contributed by atoms with Gasteiger partial charge in [-0.15, -0.1) is 0 Å². The van der Waals surface area contributed by atoms with Crippen LogP contribution in [-0.2, 0) is 0 Å². The average molecular weight is 839 g/mol. The van der Waals surface area contributed by atoms with E-state index in [1.54, 1.807) is 0 Å². The summed E-state index contributed by atoms with van der Waals surface area (Å²) in [5, 5.41) is 12.3. The van der Waals surface area contributed by atoms with Crippen molar-refractivity contribution in [3.63, 3.8) is 0 Å². The zero-order chi connectivity index (χ0) is 43.6. The molecule has 0 radical (unpaired) electrons. The summed E-state index contributed by atoms with van der Waals surface area (Å²) in [6.45, 7) is 0. The molecule has 1 aromatic heterocycles. The van der Waals surface area contributed by atoms with Gasteiger partial charge in [-0.25, -0.2) is 0 Å². The van der Waals surface area contributed by atoms with E-state index >= 15 is 0 Å². The second-order valence-corrected chi connectivity index (χ2v) is 17.2. The largest absolute Gasteiger partial charge is 0.310 e. The van der Waals surface area contributed by atoms with Crippen molar-refractivity contribution in [1.82, 2.24) is 4.57 Å². The Morgan fingerprint density at radius 3 is 1.55 bits per heavy atom. The summed E-state index contributed by atoms with van der Waals surface area (Å²) in [6, 6.07) is 93.5. The van der Waals surface area contributed by atoms with Gasteiger partial charge in [0.05, 0.1) is 16.7 Å². The molecule has 0 aliphatic heterocycles. The lowest BCUT2D eigenvalue weighted by Gasteiger charge is -2.28. The number of anilines is 3. The summed E-state index contributed by atoms with van der Waals surface area (Å²) in [6.07, 6.45) is 0. The van der Waals surface area contributed by atoms with E-state index in [2.05, 4.69) is 264 Å². The van der Waals surface area contributed by atoms with Crippen molar-refractivity contribution in [3.05, 3.63) is 255 Å². The molecule has 0 amide bonds. The summed E-state index contributed by atoms with van der Waals surface area (Å²) >= 11 is 0. The molecule has 0 saturated carbocycles. The number of hydrogen-bond acceptors (Lipinski definition) is 1. The topological polar surface area (TPSA) is 8.17 Å². The Bertz CT molecular complexity index is 3940. The minimum absolute atomic E-state index is 1.08. The van der Waals surface area contributed by atoms with Gasteiger partial charge in [0, 0.05) is 33.2 Å². The molecule has 1 heterocycles. The Hall–Kier alpha value is -8.72. The Morgan fingerprint density at radius 2 is 0.803 bits per heavy atom. The molecule has 0 unspecified atom stereocenters. The molecule has 0 fully saturated rings. The lowest BCUT2D eigenvalue weighted by atomic mass is 9.88. The van der Waals surface area contributed by atoms with Crippen LogP contribution < -0.4 is 4.90 Å². The number of fused-ring (bicyclic) bond motifs is 8. The van der Waals surface area contributed by atoms with E-state index in [0.717, 1.165) is 28.3 Å². The number of nitrogens with zero attached hydrogens (tertiary/aromatic N) is 2. The predicted molar refractivity (Wildman–Crippen MR) is 282 cm³/mol. The fraction of sp³-hybridized carbons (Fsp3) is 0. The van der Waals surface area contributed by atoms with Gasteiger partial charge < -0.3 is 9.47 Å². The van der Waals surface area contributed by atoms with Crippen LogP contribution in [0, 0.1) is 0 Å². The Kier molecular flexibility index (Phi) is 8.89. The van der Waals surface area contributed by atoms with Gasteiger partial charge in [-0.1, -0.05) is 194 Å². The van der Waals surface area contributed by atoms with Gasteiger partial charge in [0.25, 0.3) is 0 Å². The van der Waals surface area contributed by atoms with Gasteiger partial charge >= 0.3 is 0 Å². The van der Waals surface area contributed by atoms with Gasteiger partial charge in [-0.05, 0) is 132 Å². The van der Waals surface area contributed by atoms with Crippen LogP contribution in [0.3, 0.4) is 0 Å². The maximum Gasteiger partial charge on any atom is 0.0541 e. The zero-order valence-electron chi connectivity index (χ0n) is 36.1. The quantitative estimate of drug-likeness (QED) is 0.145. The third-order valence-corrected chi connectivity index (χ3v) is 13.5. The Morgan fingerprint density at radius 1 is 0.258 bits per heavy atom. The van der Waals surface area contributed by atoms with Gasteiger partial charge in [-0.2, -0.15) is 0 Å². The highest BCUT2D eigenvalue weighted by atomic mass is 15.1. The molecule has 0 N–H and O–H groups in total. The van der Waals surface area contributed by atoms with E-state index in [1.807, 2.05) is 0 Å². The molecule has 13 rings (SSSR count). The van der Waals surface area contributed by atoms with Crippen molar-refractivity contribution in [2.45, 2.75) is 0 Å². The first-order chi connectivity index (χ1) is 32.7. The Balaban J connectivity index is 1.05. The molecule has 0 bridgehead atoms.